The van der Waals surface area contributed by atoms with E-state index in [2.05, 4.69) is 15.5 Å². The van der Waals surface area contributed by atoms with Gasteiger partial charge in [0.2, 0.25) is 5.91 Å². The van der Waals surface area contributed by atoms with Crippen molar-refractivity contribution in [1.29, 1.82) is 0 Å². The lowest BCUT2D eigenvalue weighted by molar-refractivity contribution is -0.120. The summed E-state index contributed by atoms with van der Waals surface area (Å²) in [6.45, 7) is 4.34. The zero-order valence-electron chi connectivity index (χ0n) is 19.9. The van der Waals surface area contributed by atoms with Gasteiger partial charge in [0.05, 0.1) is 13.2 Å². The van der Waals surface area contributed by atoms with Gasteiger partial charge in [-0.05, 0) is 54.8 Å². The summed E-state index contributed by atoms with van der Waals surface area (Å²) in [6, 6.07) is 14.1. The van der Waals surface area contributed by atoms with Gasteiger partial charge in [-0.25, -0.2) is 4.79 Å². The molecule has 1 atom stereocenters. The molecule has 2 aliphatic rings. The van der Waals surface area contributed by atoms with Crippen LogP contribution in [0.15, 0.2) is 48.5 Å². The summed E-state index contributed by atoms with van der Waals surface area (Å²) in [7, 11) is 0. The van der Waals surface area contributed by atoms with Crippen molar-refractivity contribution >= 4 is 34.9 Å². The molecular weight excluding hydrogens is 466 g/mol. The number of carbonyl (C=O) groups excluding carboxylic acids is 2. The summed E-state index contributed by atoms with van der Waals surface area (Å²) in [5.74, 6) is -0.394. The highest BCUT2D eigenvalue weighted by Crippen LogP contribution is 2.25. The van der Waals surface area contributed by atoms with Gasteiger partial charge in [-0.2, -0.15) is 0 Å². The maximum Gasteiger partial charge on any atom is 0.326 e. The van der Waals surface area contributed by atoms with Crippen molar-refractivity contribution in [3.05, 3.63) is 59.1 Å². The van der Waals surface area contributed by atoms with E-state index in [1.165, 1.54) is 12.8 Å². The van der Waals surface area contributed by atoms with E-state index in [4.69, 9.17) is 22.1 Å². The van der Waals surface area contributed by atoms with Crippen LogP contribution >= 0.6 is 11.6 Å². The summed E-state index contributed by atoms with van der Waals surface area (Å²) >= 11 is 5.98. The molecule has 2 aromatic rings. The standard InChI is InChI=1S/C26H34ClN5O3/c27-20-7-9-22(10-8-20)30-26(34)32(14-13-31-15-17-35-18-16-31)23-11-5-19(6-12-23)24(25(28)33)29-21-3-1-2-4-21/h5-12,21,24,29H,1-4,13-18H2,(H2,28,33)(H,30,34). The zero-order chi connectivity index (χ0) is 24.6. The molecule has 9 heteroatoms. The lowest BCUT2D eigenvalue weighted by Gasteiger charge is -2.30. The average Bonchev–Trinajstić information content (AvgIpc) is 3.38. The molecule has 4 N–H and O–H groups in total. The number of nitrogens with zero attached hydrogens (tertiary/aromatic N) is 2. The molecule has 0 radical (unpaired) electrons. The molecule has 1 heterocycles. The topological polar surface area (TPSA) is 99.9 Å². The van der Waals surface area contributed by atoms with Gasteiger partial charge in [-0.15, -0.1) is 0 Å². The third kappa shape index (κ3) is 7.18. The van der Waals surface area contributed by atoms with Crippen LogP contribution in [0.3, 0.4) is 0 Å². The minimum Gasteiger partial charge on any atom is -0.379 e. The molecule has 2 aromatic carbocycles. The molecule has 188 valence electrons. The maximum atomic E-state index is 13.3. The Hall–Kier alpha value is -2.65. The van der Waals surface area contributed by atoms with Crippen LogP contribution in [0.4, 0.5) is 16.2 Å². The van der Waals surface area contributed by atoms with Gasteiger partial charge in [0.1, 0.15) is 6.04 Å². The summed E-state index contributed by atoms with van der Waals surface area (Å²) in [5.41, 5.74) is 7.94. The molecule has 8 nitrogen and oxygen atoms in total. The summed E-state index contributed by atoms with van der Waals surface area (Å²) in [6.07, 6.45) is 4.45. The summed E-state index contributed by atoms with van der Waals surface area (Å²) in [5, 5.41) is 6.98. The first-order valence-electron chi connectivity index (χ1n) is 12.3. The van der Waals surface area contributed by atoms with Crippen molar-refractivity contribution < 1.29 is 14.3 Å². The number of nitrogens with two attached hydrogens (primary N) is 1. The Balaban J connectivity index is 1.49. The first-order valence-corrected chi connectivity index (χ1v) is 12.7. The third-order valence-corrected chi connectivity index (χ3v) is 6.92. The lowest BCUT2D eigenvalue weighted by Crippen LogP contribution is -2.44. The van der Waals surface area contributed by atoms with Crippen molar-refractivity contribution in [3.63, 3.8) is 0 Å². The maximum absolute atomic E-state index is 13.3. The Morgan fingerprint density at radius 1 is 1.06 bits per heavy atom. The highest BCUT2D eigenvalue weighted by molar-refractivity contribution is 6.30. The van der Waals surface area contributed by atoms with Crippen molar-refractivity contribution in [2.45, 2.75) is 37.8 Å². The molecule has 2 fully saturated rings. The molecule has 1 saturated heterocycles. The monoisotopic (exact) mass is 499 g/mol. The Labute approximate surface area is 211 Å². The normalized spacial score (nSPS) is 17.7. The van der Waals surface area contributed by atoms with Gasteiger partial charge in [0.15, 0.2) is 0 Å². The van der Waals surface area contributed by atoms with Gasteiger partial charge in [-0.1, -0.05) is 36.6 Å². The van der Waals surface area contributed by atoms with Gasteiger partial charge in [0.25, 0.3) is 0 Å². The summed E-state index contributed by atoms with van der Waals surface area (Å²) in [4.78, 5) is 29.5. The molecule has 1 unspecified atom stereocenters. The van der Waals surface area contributed by atoms with Crippen molar-refractivity contribution in [2.24, 2.45) is 5.73 Å². The van der Waals surface area contributed by atoms with E-state index in [1.807, 2.05) is 24.3 Å². The highest BCUT2D eigenvalue weighted by atomic mass is 35.5. The first-order chi connectivity index (χ1) is 17.0. The molecule has 1 aliphatic carbocycles. The number of primary amides is 1. The highest BCUT2D eigenvalue weighted by Gasteiger charge is 2.25. The van der Waals surface area contributed by atoms with Crippen LogP contribution in [0.1, 0.15) is 37.3 Å². The number of ether oxygens (including phenoxy) is 1. The van der Waals surface area contributed by atoms with Crippen LogP contribution in [0.2, 0.25) is 5.02 Å². The minimum absolute atomic E-state index is 0.233. The number of carbonyl (C=O) groups is 2. The Bertz CT molecular complexity index is 973. The lowest BCUT2D eigenvalue weighted by atomic mass is 10.0. The van der Waals surface area contributed by atoms with E-state index in [-0.39, 0.29) is 6.03 Å². The van der Waals surface area contributed by atoms with Crippen LogP contribution in [0.5, 0.6) is 0 Å². The van der Waals surface area contributed by atoms with Crippen LogP contribution in [-0.4, -0.2) is 62.3 Å². The molecular formula is C26H34ClN5O3. The van der Waals surface area contributed by atoms with Gasteiger partial charge in [0, 0.05) is 48.6 Å². The Kier molecular flexibility index (Phi) is 8.98. The van der Waals surface area contributed by atoms with Gasteiger partial charge in [-0.3, -0.25) is 19.9 Å². The van der Waals surface area contributed by atoms with Gasteiger partial charge < -0.3 is 15.8 Å². The van der Waals surface area contributed by atoms with E-state index in [0.717, 1.165) is 43.7 Å². The second kappa shape index (κ2) is 12.4. The van der Waals surface area contributed by atoms with E-state index in [9.17, 15) is 9.59 Å². The van der Waals surface area contributed by atoms with Gasteiger partial charge >= 0.3 is 6.03 Å². The first kappa shape index (κ1) is 25.4. The number of amides is 3. The zero-order valence-corrected chi connectivity index (χ0v) is 20.7. The van der Waals surface area contributed by atoms with Crippen molar-refractivity contribution in [2.75, 3.05) is 49.6 Å². The van der Waals surface area contributed by atoms with Crippen molar-refractivity contribution in [1.82, 2.24) is 10.2 Å². The second-order valence-corrected chi connectivity index (χ2v) is 9.55. The van der Waals surface area contributed by atoms with E-state index >= 15 is 0 Å². The Morgan fingerprint density at radius 3 is 2.34 bits per heavy atom. The van der Waals surface area contributed by atoms with Crippen LogP contribution < -0.4 is 21.3 Å². The second-order valence-electron chi connectivity index (χ2n) is 9.12. The number of anilines is 2. The van der Waals surface area contributed by atoms with E-state index in [1.54, 1.807) is 29.2 Å². The van der Waals surface area contributed by atoms with Crippen molar-refractivity contribution in [3.8, 4) is 0 Å². The number of hydrogen-bond donors (Lipinski definition) is 3. The average molecular weight is 500 g/mol. The molecule has 0 aromatic heterocycles. The van der Waals surface area contributed by atoms with E-state index in [0.29, 0.717) is 36.5 Å². The Morgan fingerprint density at radius 2 is 1.71 bits per heavy atom. The number of benzene rings is 2. The largest absolute Gasteiger partial charge is 0.379 e. The molecule has 4 rings (SSSR count). The van der Waals surface area contributed by atoms with E-state index < -0.39 is 11.9 Å². The number of nitrogens with one attached hydrogen (secondary N) is 2. The fourth-order valence-electron chi connectivity index (χ4n) is 4.66. The molecule has 1 saturated carbocycles. The number of hydrogen-bond acceptors (Lipinski definition) is 5. The number of urea groups is 1. The molecule has 3 amide bonds. The minimum atomic E-state index is -0.545. The fourth-order valence-corrected chi connectivity index (χ4v) is 4.78. The number of rotatable bonds is 9. The van der Waals surface area contributed by atoms with Crippen LogP contribution in [-0.2, 0) is 9.53 Å². The summed E-state index contributed by atoms with van der Waals surface area (Å²) < 4.78 is 5.44. The predicted octanol–water partition coefficient (Wildman–Crippen LogP) is 3.77. The van der Waals surface area contributed by atoms with Crippen LogP contribution in [0.25, 0.3) is 0 Å². The smallest absolute Gasteiger partial charge is 0.326 e. The number of morpholine rings is 1. The third-order valence-electron chi connectivity index (χ3n) is 6.66. The predicted molar refractivity (Wildman–Crippen MR) is 139 cm³/mol. The molecule has 1 aliphatic heterocycles. The SMILES string of the molecule is NC(=O)C(NC1CCCC1)c1ccc(N(CCN2CCOCC2)C(=O)Nc2ccc(Cl)cc2)cc1. The molecule has 0 bridgehead atoms. The number of halogens is 1. The fraction of sp³-hybridized carbons (Fsp3) is 0.462. The van der Waals surface area contributed by atoms with Crippen LogP contribution in [0, 0.1) is 0 Å². The quantitative estimate of drug-likeness (QED) is 0.487. The molecule has 0 spiro atoms. The molecule has 35 heavy (non-hydrogen) atoms.